The van der Waals surface area contributed by atoms with Crippen LogP contribution >= 0.6 is 0 Å². The van der Waals surface area contributed by atoms with Crippen molar-refractivity contribution in [2.24, 2.45) is 0 Å². The average molecular weight is 321 g/mol. The van der Waals surface area contributed by atoms with Crippen LogP contribution in [0.25, 0.3) is 21.9 Å². The van der Waals surface area contributed by atoms with E-state index in [2.05, 4.69) is 4.98 Å². The zero-order valence-corrected chi connectivity index (χ0v) is 13.2. The highest BCUT2D eigenvalue weighted by atomic mass is 16.3. The van der Waals surface area contributed by atoms with E-state index in [1.165, 1.54) is 0 Å². The van der Waals surface area contributed by atoms with Crippen LogP contribution < -0.4 is 0 Å². The Balaban J connectivity index is 1.59. The van der Waals surface area contributed by atoms with E-state index in [4.69, 9.17) is 0 Å². The van der Waals surface area contributed by atoms with Crippen molar-refractivity contribution in [3.05, 3.63) is 66.6 Å². The smallest absolute Gasteiger partial charge is 0.0959 e. The minimum atomic E-state index is -0.551. The number of fused-ring (bicyclic) bond motifs is 2. The summed E-state index contributed by atoms with van der Waals surface area (Å²) in [7, 11) is 0. The molecule has 0 saturated carbocycles. The second-order valence-corrected chi connectivity index (χ2v) is 6.02. The van der Waals surface area contributed by atoms with Crippen LogP contribution in [0.1, 0.15) is 5.56 Å². The van der Waals surface area contributed by atoms with Crippen molar-refractivity contribution in [2.45, 2.75) is 25.8 Å². The van der Waals surface area contributed by atoms with Crippen LogP contribution in [0.3, 0.4) is 0 Å². The minimum absolute atomic E-state index is 0.00420. The molecule has 5 nitrogen and oxygen atoms in total. The first-order valence-corrected chi connectivity index (χ1v) is 8.02. The molecule has 0 fully saturated rings. The number of aliphatic hydroxyl groups is 2. The van der Waals surface area contributed by atoms with Crippen molar-refractivity contribution in [3.63, 3.8) is 0 Å². The van der Waals surface area contributed by atoms with Gasteiger partial charge in [-0.2, -0.15) is 0 Å². The first-order valence-electron chi connectivity index (χ1n) is 8.02. The van der Waals surface area contributed by atoms with E-state index in [1.54, 1.807) is 6.33 Å². The van der Waals surface area contributed by atoms with Crippen LogP contribution in [-0.4, -0.2) is 30.4 Å². The summed E-state index contributed by atoms with van der Waals surface area (Å²) in [6.45, 7) is 0.935. The molecule has 0 aliphatic carbocycles. The standard InChI is InChI=1S/C19H19N3O2/c23-12-14-9-21(18-7-3-1-5-16(14)18)10-15(24)11-22-13-20-17-6-2-4-8-19(17)22/h1-9,13,15,23-24H,10-12H2. The van der Waals surface area contributed by atoms with Crippen molar-refractivity contribution in [3.8, 4) is 0 Å². The summed E-state index contributed by atoms with van der Waals surface area (Å²) in [4.78, 5) is 4.36. The van der Waals surface area contributed by atoms with Crippen LogP contribution in [0.5, 0.6) is 0 Å². The Labute approximate surface area is 139 Å². The molecule has 0 amide bonds. The predicted octanol–water partition coefficient (Wildman–Crippen LogP) is 2.54. The predicted molar refractivity (Wildman–Crippen MR) is 93.6 cm³/mol. The molecule has 0 aliphatic rings. The van der Waals surface area contributed by atoms with E-state index < -0.39 is 6.10 Å². The maximum absolute atomic E-state index is 10.5. The molecule has 1 atom stereocenters. The van der Waals surface area contributed by atoms with Crippen LogP contribution in [-0.2, 0) is 19.7 Å². The van der Waals surface area contributed by atoms with Crippen molar-refractivity contribution in [2.75, 3.05) is 0 Å². The van der Waals surface area contributed by atoms with Gasteiger partial charge < -0.3 is 19.3 Å². The molecule has 0 saturated heterocycles. The minimum Gasteiger partial charge on any atom is -0.392 e. The first-order chi connectivity index (χ1) is 11.8. The molecule has 1 unspecified atom stereocenters. The van der Waals surface area contributed by atoms with Gasteiger partial charge in [-0.3, -0.25) is 0 Å². The molecule has 2 aromatic heterocycles. The summed E-state index contributed by atoms with van der Waals surface area (Å²) in [6.07, 6.45) is 3.13. The van der Waals surface area contributed by atoms with E-state index in [-0.39, 0.29) is 6.61 Å². The van der Waals surface area contributed by atoms with Crippen molar-refractivity contribution in [1.82, 2.24) is 14.1 Å². The number of hydrogen-bond acceptors (Lipinski definition) is 3. The van der Waals surface area contributed by atoms with Gasteiger partial charge in [-0.25, -0.2) is 4.98 Å². The van der Waals surface area contributed by atoms with E-state index in [0.29, 0.717) is 13.1 Å². The SMILES string of the molecule is OCc1cn(CC(O)Cn2cnc3ccccc32)c2ccccc12. The van der Waals surface area contributed by atoms with Crippen LogP contribution in [0.2, 0.25) is 0 Å². The number of rotatable bonds is 5. The highest BCUT2D eigenvalue weighted by molar-refractivity contribution is 5.83. The van der Waals surface area contributed by atoms with Gasteiger partial charge in [0.25, 0.3) is 0 Å². The number of aromatic nitrogens is 3. The van der Waals surface area contributed by atoms with Crippen molar-refractivity contribution >= 4 is 21.9 Å². The number of aliphatic hydroxyl groups excluding tert-OH is 2. The third-order valence-electron chi connectivity index (χ3n) is 4.38. The Morgan fingerprint density at radius 1 is 0.917 bits per heavy atom. The van der Waals surface area contributed by atoms with Crippen LogP contribution in [0, 0.1) is 0 Å². The Morgan fingerprint density at radius 3 is 2.46 bits per heavy atom. The van der Waals surface area contributed by atoms with Gasteiger partial charge in [0, 0.05) is 22.7 Å². The molecule has 24 heavy (non-hydrogen) atoms. The number of para-hydroxylation sites is 3. The fourth-order valence-electron chi connectivity index (χ4n) is 3.27. The molecule has 0 spiro atoms. The van der Waals surface area contributed by atoms with Crippen molar-refractivity contribution < 1.29 is 10.2 Å². The fraction of sp³-hybridized carbons (Fsp3) is 0.211. The lowest BCUT2D eigenvalue weighted by Crippen LogP contribution is -2.21. The Hall–Kier alpha value is -2.63. The van der Waals surface area contributed by atoms with Crippen molar-refractivity contribution in [1.29, 1.82) is 0 Å². The maximum atomic E-state index is 10.5. The van der Waals surface area contributed by atoms with Crippen LogP contribution in [0.4, 0.5) is 0 Å². The number of nitrogens with zero attached hydrogens (tertiary/aromatic N) is 3. The van der Waals surface area contributed by atoms with Gasteiger partial charge in [-0.05, 0) is 18.2 Å². The van der Waals surface area contributed by atoms with Gasteiger partial charge in [0.05, 0.1) is 43.2 Å². The third-order valence-corrected chi connectivity index (χ3v) is 4.38. The summed E-state index contributed by atoms with van der Waals surface area (Å²) in [6, 6.07) is 15.8. The molecule has 2 N–H and O–H groups in total. The number of hydrogen-bond donors (Lipinski definition) is 2. The molecule has 0 bridgehead atoms. The Morgan fingerprint density at radius 2 is 1.62 bits per heavy atom. The lowest BCUT2D eigenvalue weighted by molar-refractivity contribution is 0.137. The summed E-state index contributed by atoms with van der Waals surface area (Å²) in [5, 5.41) is 21.1. The highest BCUT2D eigenvalue weighted by Crippen LogP contribution is 2.22. The van der Waals surface area contributed by atoms with Gasteiger partial charge in [-0.15, -0.1) is 0 Å². The zero-order valence-electron chi connectivity index (χ0n) is 13.2. The Kier molecular flexibility index (Phi) is 3.80. The summed E-state index contributed by atoms with van der Waals surface area (Å²) in [5.74, 6) is 0. The average Bonchev–Trinajstić information content (AvgIpc) is 3.17. The van der Waals surface area contributed by atoms with Crippen LogP contribution in [0.15, 0.2) is 61.1 Å². The largest absolute Gasteiger partial charge is 0.392 e. The van der Waals surface area contributed by atoms with E-state index >= 15 is 0 Å². The molecule has 4 aromatic rings. The molecule has 4 rings (SSSR count). The summed E-state index contributed by atoms with van der Waals surface area (Å²) < 4.78 is 3.98. The van der Waals surface area contributed by atoms with Gasteiger partial charge in [0.15, 0.2) is 0 Å². The van der Waals surface area contributed by atoms with Gasteiger partial charge >= 0.3 is 0 Å². The van der Waals surface area contributed by atoms with E-state index in [0.717, 1.165) is 27.5 Å². The molecular formula is C19H19N3O2. The second-order valence-electron chi connectivity index (χ2n) is 6.02. The maximum Gasteiger partial charge on any atom is 0.0959 e. The van der Waals surface area contributed by atoms with Gasteiger partial charge in [-0.1, -0.05) is 30.3 Å². The highest BCUT2D eigenvalue weighted by Gasteiger charge is 2.13. The molecular weight excluding hydrogens is 302 g/mol. The molecule has 122 valence electrons. The number of imidazole rings is 1. The number of benzene rings is 2. The monoisotopic (exact) mass is 321 g/mol. The lowest BCUT2D eigenvalue weighted by atomic mass is 10.2. The van der Waals surface area contributed by atoms with E-state index in [9.17, 15) is 10.2 Å². The summed E-state index contributed by atoms with van der Waals surface area (Å²) >= 11 is 0. The lowest BCUT2D eigenvalue weighted by Gasteiger charge is -2.14. The molecule has 0 aliphatic heterocycles. The molecule has 2 heterocycles. The molecule has 0 radical (unpaired) electrons. The first kappa shape index (κ1) is 14.9. The second kappa shape index (κ2) is 6.11. The third kappa shape index (κ3) is 2.58. The zero-order chi connectivity index (χ0) is 16.5. The molecule has 2 aromatic carbocycles. The topological polar surface area (TPSA) is 63.2 Å². The Bertz CT molecular complexity index is 987. The normalized spacial score (nSPS) is 12.9. The quantitative estimate of drug-likeness (QED) is 0.594. The molecule has 5 heteroatoms. The van der Waals surface area contributed by atoms with E-state index in [1.807, 2.05) is 63.9 Å². The fourth-order valence-corrected chi connectivity index (χ4v) is 3.27. The van der Waals surface area contributed by atoms with Gasteiger partial charge in [0.2, 0.25) is 0 Å². The summed E-state index contributed by atoms with van der Waals surface area (Å²) in [5.41, 5.74) is 3.85. The van der Waals surface area contributed by atoms with Gasteiger partial charge in [0.1, 0.15) is 0 Å².